The number of halogens is 3. The van der Waals surface area contributed by atoms with E-state index in [0.29, 0.717) is 11.3 Å². The van der Waals surface area contributed by atoms with Crippen molar-refractivity contribution < 1.29 is 13.2 Å². The van der Waals surface area contributed by atoms with Crippen molar-refractivity contribution in [2.75, 3.05) is 11.9 Å². The molecule has 4 nitrogen and oxygen atoms in total. The second kappa shape index (κ2) is 5.43. The molecule has 0 spiro atoms. The largest absolute Gasteiger partial charge is 0.416 e. The molecule has 1 aromatic carbocycles. The van der Waals surface area contributed by atoms with E-state index < -0.39 is 11.7 Å². The van der Waals surface area contributed by atoms with Gasteiger partial charge in [-0.15, -0.1) is 0 Å². The van der Waals surface area contributed by atoms with Gasteiger partial charge in [0.1, 0.15) is 11.7 Å². The van der Waals surface area contributed by atoms with Crippen molar-refractivity contribution in [1.29, 1.82) is 5.41 Å². The molecule has 0 aliphatic heterocycles. The van der Waals surface area contributed by atoms with Crippen LogP contribution in [0.1, 0.15) is 11.1 Å². The molecule has 0 amide bonds. The lowest BCUT2D eigenvalue weighted by atomic mass is 10.1. The number of nitrogens with two attached hydrogens (primary N) is 1. The Bertz CT molecular complexity index is 667. The summed E-state index contributed by atoms with van der Waals surface area (Å²) >= 11 is 0. The van der Waals surface area contributed by atoms with Gasteiger partial charge in [0.05, 0.1) is 11.3 Å². The van der Waals surface area contributed by atoms with Crippen LogP contribution in [0.15, 0.2) is 42.6 Å². The van der Waals surface area contributed by atoms with E-state index in [9.17, 15) is 13.2 Å². The molecule has 0 bridgehead atoms. The number of hydrogen-bond donors (Lipinski definition) is 2. The molecule has 0 radical (unpaired) electrons. The van der Waals surface area contributed by atoms with Crippen molar-refractivity contribution in [3.63, 3.8) is 0 Å². The van der Waals surface area contributed by atoms with Gasteiger partial charge in [0.2, 0.25) is 0 Å². The SMILES string of the molecule is CN(c1cc(C(F)(F)F)ccn1)c1ccccc1C(=N)N. The number of nitrogen functional groups attached to an aromatic ring is 1. The number of alkyl halides is 3. The maximum absolute atomic E-state index is 12.7. The van der Waals surface area contributed by atoms with Gasteiger partial charge < -0.3 is 10.6 Å². The minimum Gasteiger partial charge on any atom is -0.384 e. The Labute approximate surface area is 119 Å². The van der Waals surface area contributed by atoms with E-state index in [1.165, 1.54) is 4.90 Å². The fourth-order valence-corrected chi connectivity index (χ4v) is 1.90. The summed E-state index contributed by atoms with van der Waals surface area (Å²) in [6.45, 7) is 0. The summed E-state index contributed by atoms with van der Waals surface area (Å²) in [5.74, 6) is -0.0389. The smallest absolute Gasteiger partial charge is 0.384 e. The van der Waals surface area contributed by atoms with Gasteiger partial charge in [0.15, 0.2) is 0 Å². The third-order valence-corrected chi connectivity index (χ3v) is 2.97. The van der Waals surface area contributed by atoms with Crippen molar-refractivity contribution in [2.24, 2.45) is 5.73 Å². The molecule has 2 rings (SSSR count). The summed E-state index contributed by atoms with van der Waals surface area (Å²) < 4.78 is 38.2. The number of benzene rings is 1. The third-order valence-electron chi connectivity index (χ3n) is 2.97. The molecule has 0 fully saturated rings. The van der Waals surface area contributed by atoms with Gasteiger partial charge in [-0.2, -0.15) is 13.2 Å². The zero-order valence-electron chi connectivity index (χ0n) is 11.1. The fraction of sp³-hybridized carbons (Fsp3) is 0.143. The summed E-state index contributed by atoms with van der Waals surface area (Å²) in [5, 5.41) is 7.52. The predicted octanol–water partition coefficient (Wildman–Crippen LogP) is 3.15. The van der Waals surface area contributed by atoms with Crippen LogP contribution in [0, 0.1) is 5.41 Å². The van der Waals surface area contributed by atoms with Crippen LogP contribution in [-0.2, 0) is 6.18 Å². The van der Waals surface area contributed by atoms with E-state index in [-0.39, 0.29) is 11.7 Å². The Morgan fingerprint density at radius 3 is 2.52 bits per heavy atom. The Morgan fingerprint density at radius 1 is 1.24 bits per heavy atom. The van der Waals surface area contributed by atoms with Gasteiger partial charge in [-0.25, -0.2) is 4.98 Å². The van der Waals surface area contributed by atoms with Crippen LogP contribution in [-0.4, -0.2) is 17.9 Å². The van der Waals surface area contributed by atoms with Gasteiger partial charge >= 0.3 is 6.18 Å². The molecule has 21 heavy (non-hydrogen) atoms. The van der Waals surface area contributed by atoms with Gasteiger partial charge in [-0.05, 0) is 24.3 Å². The Kier molecular flexibility index (Phi) is 3.84. The highest BCUT2D eigenvalue weighted by Gasteiger charge is 2.31. The van der Waals surface area contributed by atoms with Crippen LogP contribution >= 0.6 is 0 Å². The van der Waals surface area contributed by atoms with Gasteiger partial charge in [0, 0.05) is 18.8 Å². The second-order valence-electron chi connectivity index (χ2n) is 4.39. The molecular formula is C14H13F3N4. The zero-order valence-corrected chi connectivity index (χ0v) is 11.1. The maximum atomic E-state index is 12.7. The van der Waals surface area contributed by atoms with Crippen LogP contribution in [0.25, 0.3) is 0 Å². The summed E-state index contributed by atoms with van der Waals surface area (Å²) in [7, 11) is 1.57. The first-order valence-electron chi connectivity index (χ1n) is 6.01. The number of anilines is 2. The van der Waals surface area contributed by atoms with E-state index >= 15 is 0 Å². The van der Waals surface area contributed by atoms with Crippen molar-refractivity contribution in [3.05, 3.63) is 53.7 Å². The number of nitrogens with zero attached hydrogens (tertiary/aromatic N) is 2. The molecule has 0 aliphatic carbocycles. The average Bonchev–Trinajstić information content (AvgIpc) is 2.45. The van der Waals surface area contributed by atoms with Crippen molar-refractivity contribution in [3.8, 4) is 0 Å². The fourth-order valence-electron chi connectivity index (χ4n) is 1.90. The first-order chi connectivity index (χ1) is 9.80. The maximum Gasteiger partial charge on any atom is 0.416 e. The molecular weight excluding hydrogens is 281 g/mol. The summed E-state index contributed by atoms with van der Waals surface area (Å²) in [4.78, 5) is 5.41. The zero-order chi connectivity index (χ0) is 15.6. The normalized spacial score (nSPS) is 11.2. The van der Waals surface area contributed by atoms with E-state index in [4.69, 9.17) is 11.1 Å². The monoisotopic (exact) mass is 294 g/mol. The molecule has 0 unspecified atom stereocenters. The summed E-state index contributed by atoms with van der Waals surface area (Å²) in [5.41, 5.74) is 5.65. The van der Waals surface area contributed by atoms with E-state index in [0.717, 1.165) is 18.3 Å². The number of nitrogens with one attached hydrogen (secondary N) is 1. The lowest BCUT2D eigenvalue weighted by Crippen LogP contribution is -2.19. The third kappa shape index (κ3) is 3.13. The number of pyridine rings is 1. The number of aromatic nitrogens is 1. The Morgan fingerprint density at radius 2 is 1.90 bits per heavy atom. The molecule has 1 heterocycles. The highest BCUT2D eigenvalue weighted by Crippen LogP contribution is 2.32. The van der Waals surface area contributed by atoms with Crippen LogP contribution < -0.4 is 10.6 Å². The van der Waals surface area contributed by atoms with Crippen LogP contribution in [0.4, 0.5) is 24.7 Å². The van der Waals surface area contributed by atoms with E-state index in [1.54, 1.807) is 31.3 Å². The average molecular weight is 294 g/mol. The van der Waals surface area contributed by atoms with Crippen LogP contribution in [0.5, 0.6) is 0 Å². The van der Waals surface area contributed by atoms with Crippen LogP contribution in [0.2, 0.25) is 0 Å². The van der Waals surface area contributed by atoms with Crippen molar-refractivity contribution >= 4 is 17.3 Å². The first-order valence-corrected chi connectivity index (χ1v) is 6.01. The minimum atomic E-state index is -4.43. The predicted molar refractivity (Wildman–Crippen MR) is 74.8 cm³/mol. The Hall–Kier alpha value is -2.57. The molecule has 0 atom stereocenters. The number of rotatable bonds is 3. The highest BCUT2D eigenvalue weighted by molar-refractivity contribution is 6.01. The number of para-hydroxylation sites is 1. The van der Waals surface area contributed by atoms with Crippen molar-refractivity contribution in [2.45, 2.75) is 6.18 Å². The number of amidine groups is 1. The first kappa shape index (κ1) is 14.8. The van der Waals surface area contributed by atoms with E-state index in [2.05, 4.69) is 4.98 Å². The summed E-state index contributed by atoms with van der Waals surface area (Å²) in [6, 6.07) is 8.57. The Balaban J connectivity index is 2.46. The molecule has 1 aromatic heterocycles. The molecule has 0 aliphatic rings. The minimum absolute atomic E-state index is 0.124. The quantitative estimate of drug-likeness (QED) is 0.675. The van der Waals surface area contributed by atoms with Gasteiger partial charge in [-0.3, -0.25) is 5.41 Å². The standard InChI is InChI=1S/C14H13F3N4/c1-21(11-5-3-2-4-10(11)13(18)19)12-8-9(6-7-20-12)14(15,16)17/h2-8H,1H3,(H3,18,19). The highest BCUT2D eigenvalue weighted by atomic mass is 19.4. The molecule has 2 aromatic rings. The lowest BCUT2D eigenvalue weighted by Gasteiger charge is -2.22. The molecule has 0 saturated heterocycles. The second-order valence-corrected chi connectivity index (χ2v) is 4.39. The van der Waals surface area contributed by atoms with Crippen molar-refractivity contribution in [1.82, 2.24) is 4.98 Å². The van der Waals surface area contributed by atoms with Gasteiger partial charge in [0.25, 0.3) is 0 Å². The lowest BCUT2D eigenvalue weighted by molar-refractivity contribution is -0.137. The number of hydrogen-bond acceptors (Lipinski definition) is 3. The van der Waals surface area contributed by atoms with Crippen LogP contribution in [0.3, 0.4) is 0 Å². The molecule has 7 heteroatoms. The topological polar surface area (TPSA) is 66.0 Å². The molecule has 3 N–H and O–H groups in total. The molecule has 110 valence electrons. The van der Waals surface area contributed by atoms with E-state index in [1.807, 2.05) is 0 Å². The molecule has 0 saturated carbocycles. The summed E-state index contributed by atoms with van der Waals surface area (Å²) in [6.07, 6.45) is -3.33. The van der Waals surface area contributed by atoms with Gasteiger partial charge in [-0.1, -0.05) is 12.1 Å².